The van der Waals surface area contributed by atoms with E-state index in [1.165, 1.54) is 0 Å². The van der Waals surface area contributed by atoms with Crippen molar-refractivity contribution in [3.63, 3.8) is 0 Å². The highest BCUT2D eigenvalue weighted by atomic mass is 29.3. The SMILES string of the molecule is CCC([SiH3])OC(=O)C(C)=C[Si]1(C)CC([Si]2(C(O[Si](C)(C)C)O[Si](C)(C)C)CCCCO2)([Si]2(C(O[Si](C)(C)C)O[Si](C)(C)C)CCCCO2)C(C)(C)O[Si]1(C)C. The van der Waals surface area contributed by atoms with Gasteiger partial charge in [-0.2, -0.15) is 0 Å². The van der Waals surface area contributed by atoms with Crippen LogP contribution in [0.4, 0.5) is 0 Å². The Balaban J connectivity index is 2.68. The van der Waals surface area contributed by atoms with Crippen molar-refractivity contribution in [3.05, 3.63) is 11.3 Å². The number of ether oxygens (including phenoxy) is 1. The Labute approximate surface area is 348 Å². The molecule has 0 N–H and O–H groups in total. The first kappa shape index (κ1) is 50.2. The van der Waals surface area contributed by atoms with Crippen LogP contribution in [0.15, 0.2) is 11.3 Å². The molecule has 0 aliphatic carbocycles. The molecule has 18 heteroatoms. The van der Waals surface area contributed by atoms with E-state index in [0.29, 0.717) is 18.8 Å². The molecule has 3 aliphatic rings. The highest BCUT2D eigenvalue weighted by Gasteiger charge is 2.83. The van der Waals surface area contributed by atoms with E-state index in [4.69, 9.17) is 35.7 Å². The molecule has 0 aromatic rings. The average Bonchev–Trinajstić information content (AvgIpc) is 2.99. The Morgan fingerprint density at radius 2 is 1.11 bits per heavy atom. The van der Waals surface area contributed by atoms with Gasteiger partial charge < -0.3 is 35.7 Å². The average molecular weight is 926 g/mol. The zero-order chi connectivity index (χ0) is 42.3. The van der Waals surface area contributed by atoms with Crippen LogP contribution in [0.2, 0.25) is 121 Å². The van der Waals surface area contributed by atoms with E-state index < -0.39 is 87.4 Å². The summed E-state index contributed by atoms with van der Waals surface area (Å²) >= 11 is 0. The lowest BCUT2D eigenvalue weighted by Crippen LogP contribution is -2.87. The Bertz CT molecular complexity index is 1250. The van der Waals surface area contributed by atoms with Crippen LogP contribution in [0.3, 0.4) is 0 Å². The van der Waals surface area contributed by atoms with Gasteiger partial charge in [-0.1, -0.05) is 32.0 Å². The molecule has 0 aromatic heterocycles. The number of carbonyl (C=O) groups excluding carboxylic acids is 1. The van der Waals surface area contributed by atoms with Crippen molar-refractivity contribution >= 4 is 81.5 Å². The van der Waals surface area contributed by atoms with Crippen LogP contribution in [0.1, 0.15) is 59.8 Å². The molecule has 3 fully saturated rings. The normalized spacial score (nSPS) is 31.8. The molecule has 4 atom stereocenters. The van der Waals surface area contributed by atoms with Gasteiger partial charge in [0.2, 0.25) is 0 Å². The van der Waals surface area contributed by atoms with E-state index in [9.17, 15) is 4.79 Å². The van der Waals surface area contributed by atoms with Gasteiger partial charge in [-0.05, 0) is 150 Å². The Kier molecular flexibility index (Phi) is 16.2. The second-order valence-electron chi connectivity index (χ2n) is 22.0. The Morgan fingerprint density at radius 1 is 0.727 bits per heavy atom. The zero-order valence-corrected chi connectivity index (χ0v) is 49.1. The number of hydrogen-bond acceptors (Lipinski definition) is 9. The molecule has 0 saturated carbocycles. The molecule has 4 unspecified atom stereocenters. The van der Waals surface area contributed by atoms with Gasteiger partial charge in [0.25, 0.3) is 16.6 Å². The molecule has 0 bridgehead atoms. The summed E-state index contributed by atoms with van der Waals surface area (Å²) in [4.78, 5) is 13.8. The summed E-state index contributed by atoms with van der Waals surface area (Å²) < 4.78 is 59.1. The maximum Gasteiger partial charge on any atom is 0.332 e. The first-order valence-electron chi connectivity index (χ1n) is 21.3. The Morgan fingerprint density at radius 3 is 1.42 bits per heavy atom. The molecule has 3 rings (SSSR count). The summed E-state index contributed by atoms with van der Waals surface area (Å²) in [6.45, 7) is 44.9. The van der Waals surface area contributed by atoms with Gasteiger partial charge in [0, 0.05) is 23.4 Å². The molecule has 322 valence electrons. The monoisotopic (exact) mass is 924 g/mol. The number of rotatable bonds is 16. The minimum absolute atomic E-state index is 0.00907. The van der Waals surface area contributed by atoms with Crippen molar-refractivity contribution in [2.75, 3.05) is 13.2 Å². The maximum atomic E-state index is 13.8. The van der Waals surface area contributed by atoms with Crippen LogP contribution in [0, 0.1) is 0 Å². The van der Waals surface area contributed by atoms with Crippen molar-refractivity contribution in [1.29, 1.82) is 0 Å². The van der Waals surface area contributed by atoms with Gasteiger partial charge in [-0.3, -0.25) is 0 Å². The van der Waals surface area contributed by atoms with E-state index in [1.54, 1.807) is 0 Å². The molecule has 3 saturated heterocycles. The van der Waals surface area contributed by atoms with Crippen LogP contribution < -0.4 is 0 Å². The fourth-order valence-corrected chi connectivity index (χ4v) is 48.8. The van der Waals surface area contributed by atoms with E-state index in [0.717, 1.165) is 60.5 Å². The standard InChI is InChI=1S/C37H84O9Si9/c1-20-32(47)41-33(38)31(2)29-53(19)30-37(36(3,4)46-52(53,17)18,54(27-23-21-25-39-54)34(42-48(5,6)7)43-49(8,9)10)55(28-24-22-26-40-55)35(44-50(11,12)13)45-51(14,15)16/h29,32,34-35H,20-28,30H2,1-19,47H3. The van der Waals surface area contributed by atoms with Gasteiger partial charge in [0.15, 0.2) is 52.9 Å². The molecule has 0 aromatic carbocycles. The molecular weight excluding hydrogens is 841 g/mol. The van der Waals surface area contributed by atoms with Gasteiger partial charge in [0.1, 0.15) is 0 Å². The lowest BCUT2D eigenvalue weighted by Gasteiger charge is -2.72. The molecule has 3 aliphatic heterocycles. The molecule has 0 radical (unpaired) electrons. The Hall–Kier alpha value is 0.882. The van der Waals surface area contributed by atoms with Crippen LogP contribution >= 0.6 is 0 Å². The summed E-state index contributed by atoms with van der Waals surface area (Å²) in [5, 5.41) is 0. The largest absolute Gasteiger partial charge is 0.464 e. The molecule has 0 spiro atoms. The molecule has 55 heavy (non-hydrogen) atoms. The topological polar surface area (TPSA) is 90.9 Å². The van der Waals surface area contributed by atoms with Crippen molar-refractivity contribution in [2.45, 2.75) is 204 Å². The minimum Gasteiger partial charge on any atom is -0.464 e. The fourth-order valence-electron chi connectivity index (χ4n) is 9.41. The van der Waals surface area contributed by atoms with Gasteiger partial charge in [-0.15, -0.1) is 0 Å². The summed E-state index contributed by atoms with van der Waals surface area (Å²) in [7, 11) is -19.9. The van der Waals surface area contributed by atoms with Gasteiger partial charge in [-0.25, -0.2) is 4.79 Å². The first-order valence-corrected chi connectivity index (χ1v) is 47.2. The fraction of sp³-hybridized carbons (Fsp3) is 0.919. The second-order valence-corrected chi connectivity index (χ2v) is 63.2. The van der Waals surface area contributed by atoms with Crippen LogP contribution in [-0.2, 0) is 40.5 Å². The summed E-state index contributed by atoms with van der Waals surface area (Å²) in [5.41, 5.74) is 2.40. The van der Waals surface area contributed by atoms with Crippen molar-refractivity contribution in [3.8, 4) is 0 Å². The first-order chi connectivity index (χ1) is 24.7. The summed E-state index contributed by atoms with van der Waals surface area (Å²) in [6.07, 6.45) is 4.94. The lowest BCUT2D eigenvalue weighted by molar-refractivity contribution is -0.140. The predicted octanol–water partition coefficient (Wildman–Crippen LogP) is 9.22. The number of carbonyl (C=O) groups is 1. The molecule has 9 nitrogen and oxygen atoms in total. The van der Waals surface area contributed by atoms with Gasteiger partial charge in [0.05, 0.1) is 29.2 Å². The summed E-state index contributed by atoms with van der Waals surface area (Å²) in [5.74, 6) is -1.17. The van der Waals surface area contributed by atoms with E-state index >= 15 is 0 Å². The number of esters is 1. The van der Waals surface area contributed by atoms with Crippen molar-refractivity contribution < 1.29 is 40.5 Å². The lowest BCUT2D eigenvalue weighted by atomic mass is 10.1. The molecular formula is C37H84O9Si9. The smallest absolute Gasteiger partial charge is 0.332 e. The zero-order valence-electron chi connectivity index (χ0n) is 39.1. The highest BCUT2D eigenvalue weighted by molar-refractivity contribution is 7.41. The quantitative estimate of drug-likeness (QED) is 0.0651. The predicted molar refractivity (Wildman–Crippen MR) is 252 cm³/mol. The van der Waals surface area contributed by atoms with Crippen molar-refractivity contribution in [2.24, 2.45) is 0 Å². The highest BCUT2D eigenvalue weighted by Crippen LogP contribution is 2.71. The third kappa shape index (κ3) is 11.4. The summed E-state index contributed by atoms with van der Waals surface area (Å²) in [6, 6.07) is 2.68. The van der Waals surface area contributed by atoms with Gasteiger partial charge >= 0.3 is 5.97 Å². The van der Waals surface area contributed by atoms with Crippen LogP contribution in [0.5, 0.6) is 0 Å². The van der Waals surface area contributed by atoms with Crippen LogP contribution in [-0.4, -0.2) is 118 Å². The van der Waals surface area contributed by atoms with E-state index in [-0.39, 0.29) is 11.7 Å². The third-order valence-electron chi connectivity index (χ3n) is 11.9. The van der Waals surface area contributed by atoms with E-state index in [2.05, 4.69) is 125 Å². The second kappa shape index (κ2) is 17.7. The van der Waals surface area contributed by atoms with Crippen molar-refractivity contribution in [1.82, 2.24) is 0 Å². The number of hydrogen-bond donors (Lipinski definition) is 0. The third-order valence-corrected chi connectivity index (χ3v) is 46.6. The molecule has 0 amide bonds. The minimum atomic E-state index is -3.33. The molecule has 3 heterocycles. The van der Waals surface area contributed by atoms with Crippen LogP contribution in [0.25, 0.3) is 0 Å². The maximum absolute atomic E-state index is 13.8. The van der Waals surface area contributed by atoms with E-state index in [1.807, 2.05) is 6.92 Å².